The maximum absolute atomic E-state index is 13.7. The fourth-order valence-electron chi connectivity index (χ4n) is 3.94. The second-order valence-electron chi connectivity index (χ2n) is 8.76. The predicted molar refractivity (Wildman–Crippen MR) is 139 cm³/mol. The molecular formula is C23H30ClN7O6S. The number of methoxy groups -OCH3 is 1. The van der Waals surface area contributed by atoms with Gasteiger partial charge in [-0.3, -0.25) is 9.29 Å². The number of fused-ring (bicyclic) bond motifs is 3. The van der Waals surface area contributed by atoms with E-state index in [-0.39, 0.29) is 37.0 Å². The molecule has 0 fully saturated rings. The molecule has 3 aromatic rings. The Morgan fingerprint density at radius 2 is 1.95 bits per heavy atom. The van der Waals surface area contributed by atoms with Gasteiger partial charge >= 0.3 is 0 Å². The summed E-state index contributed by atoms with van der Waals surface area (Å²) in [6.07, 6.45) is 3.06. The molecule has 4 heterocycles. The summed E-state index contributed by atoms with van der Waals surface area (Å²) in [6, 6.07) is 1.25. The van der Waals surface area contributed by atoms with Crippen LogP contribution in [0, 0.1) is 0 Å². The Hall–Kier alpha value is -3.07. The van der Waals surface area contributed by atoms with Gasteiger partial charge < -0.3 is 18.9 Å². The molecule has 0 amide bonds. The maximum Gasteiger partial charge on any atom is 0.257 e. The first-order valence-corrected chi connectivity index (χ1v) is 13.9. The second kappa shape index (κ2) is 11.8. The molecule has 0 unspecified atom stereocenters. The summed E-state index contributed by atoms with van der Waals surface area (Å²) in [5.41, 5.74) is 0.553. The van der Waals surface area contributed by atoms with Gasteiger partial charge in [0, 0.05) is 25.2 Å². The largest absolute Gasteiger partial charge is 0.485 e. The molecule has 13 nitrogen and oxygen atoms in total. The normalized spacial score (nSPS) is 16.7. The molecular weight excluding hydrogens is 538 g/mol. The van der Waals surface area contributed by atoms with Crippen molar-refractivity contribution < 1.29 is 27.4 Å². The Bertz CT molecular complexity index is 1350. The average molecular weight is 568 g/mol. The third-order valence-corrected chi connectivity index (χ3v) is 7.65. The summed E-state index contributed by atoms with van der Waals surface area (Å²) < 4.78 is 54.5. The van der Waals surface area contributed by atoms with Crippen molar-refractivity contribution in [2.75, 3.05) is 31.7 Å². The molecule has 38 heavy (non-hydrogen) atoms. The summed E-state index contributed by atoms with van der Waals surface area (Å²) in [5, 5.41) is 7.70. The van der Waals surface area contributed by atoms with E-state index >= 15 is 0 Å². The molecule has 0 radical (unpaired) electrons. The summed E-state index contributed by atoms with van der Waals surface area (Å²) in [5.74, 6) is 1.24. The van der Waals surface area contributed by atoms with Crippen LogP contribution in [-0.4, -0.2) is 76.4 Å². The zero-order chi connectivity index (χ0) is 27.4. The van der Waals surface area contributed by atoms with E-state index in [4.69, 9.17) is 30.5 Å². The van der Waals surface area contributed by atoms with Gasteiger partial charge in [0.1, 0.15) is 18.0 Å². The fourth-order valence-corrected chi connectivity index (χ4v) is 5.13. The Morgan fingerprint density at radius 3 is 2.61 bits per heavy atom. The molecule has 1 aliphatic heterocycles. The number of sulfonamides is 1. The number of nitrogens with zero attached hydrogens (tertiary/aromatic N) is 6. The van der Waals surface area contributed by atoms with Crippen molar-refractivity contribution in [3.05, 3.63) is 35.5 Å². The van der Waals surface area contributed by atoms with Crippen molar-refractivity contribution in [3.63, 3.8) is 0 Å². The lowest BCUT2D eigenvalue weighted by Crippen LogP contribution is -2.35. The minimum absolute atomic E-state index is 0.00380. The van der Waals surface area contributed by atoms with E-state index in [9.17, 15) is 8.42 Å². The number of halogens is 1. The van der Waals surface area contributed by atoms with Crippen molar-refractivity contribution in [2.24, 2.45) is 0 Å². The number of pyridine rings is 1. The lowest BCUT2D eigenvalue weighted by molar-refractivity contribution is 0.00154. The number of aromatic nitrogens is 6. The molecule has 1 N–H and O–H groups in total. The van der Waals surface area contributed by atoms with Gasteiger partial charge in [0.05, 0.1) is 36.4 Å². The Balaban J connectivity index is 1.73. The Morgan fingerprint density at radius 1 is 1.21 bits per heavy atom. The minimum Gasteiger partial charge on any atom is -0.485 e. The highest BCUT2D eigenvalue weighted by molar-refractivity contribution is 7.93. The van der Waals surface area contributed by atoms with E-state index in [2.05, 4.69) is 29.9 Å². The second-order valence-corrected chi connectivity index (χ2v) is 11.2. The quantitative estimate of drug-likeness (QED) is 0.363. The average Bonchev–Trinajstić information content (AvgIpc) is 3.21. The smallest absolute Gasteiger partial charge is 0.257 e. The van der Waals surface area contributed by atoms with E-state index in [1.807, 2.05) is 6.92 Å². The number of hydrogen-bond acceptors (Lipinski definition) is 11. The molecule has 0 spiro atoms. The summed E-state index contributed by atoms with van der Waals surface area (Å²) in [6.45, 7) is 7.81. The Kier molecular flexibility index (Phi) is 8.65. The van der Waals surface area contributed by atoms with Gasteiger partial charge in [-0.2, -0.15) is 0 Å². The van der Waals surface area contributed by atoms with E-state index in [0.717, 1.165) is 0 Å². The lowest BCUT2D eigenvalue weighted by atomic mass is 10.2. The highest BCUT2D eigenvalue weighted by atomic mass is 35.5. The molecule has 1 aliphatic rings. The molecule has 15 heteroatoms. The van der Waals surface area contributed by atoms with Crippen LogP contribution in [-0.2, 0) is 19.5 Å². The van der Waals surface area contributed by atoms with Gasteiger partial charge in [0.25, 0.3) is 5.88 Å². The van der Waals surface area contributed by atoms with Crippen LogP contribution in [0.2, 0.25) is 5.02 Å². The third-order valence-electron chi connectivity index (χ3n) is 5.76. The topological polar surface area (TPSA) is 152 Å². The van der Waals surface area contributed by atoms with E-state index < -0.39 is 27.4 Å². The van der Waals surface area contributed by atoms with Gasteiger partial charge in [0.15, 0.2) is 17.4 Å². The number of hydrogen-bond donors (Lipinski definition) is 1. The van der Waals surface area contributed by atoms with E-state index in [1.165, 1.54) is 26.4 Å². The van der Waals surface area contributed by atoms with Gasteiger partial charge in [0.2, 0.25) is 16.0 Å². The molecule has 3 aromatic heterocycles. The van der Waals surface area contributed by atoms with Crippen LogP contribution in [0.25, 0.3) is 11.4 Å². The third kappa shape index (κ3) is 5.82. The minimum atomic E-state index is -4.10. The van der Waals surface area contributed by atoms with Crippen molar-refractivity contribution in [1.82, 2.24) is 29.7 Å². The fraction of sp³-hybridized carbons (Fsp3) is 0.522. The molecule has 0 saturated carbocycles. The van der Waals surface area contributed by atoms with Crippen molar-refractivity contribution in [3.8, 4) is 23.0 Å². The number of anilines is 1. The highest BCUT2D eigenvalue weighted by Crippen LogP contribution is 2.40. The Labute approximate surface area is 225 Å². The highest BCUT2D eigenvalue weighted by Gasteiger charge is 2.37. The van der Waals surface area contributed by atoms with Crippen LogP contribution in [0.3, 0.4) is 0 Å². The van der Waals surface area contributed by atoms with Gasteiger partial charge in [-0.05, 0) is 33.8 Å². The van der Waals surface area contributed by atoms with Crippen LogP contribution < -0.4 is 14.2 Å². The zero-order valence-electron chi connectivity index (χ0n) is 21.7. The monoisotopic (exact) mass is 567 g/mol. The van der Waals surface area contributed by atoms with Crippen LogP contribution in [0.15, 0.2) is 24.7 Å². The van der Waals surface area contributed by atoms with Crippen molar-refractivity contribution >= 4 is 27.6 Å². The van der Waals surface area contributed by atoms with E-state index in [1.54, 1.807) is 30.7 Å². The molecule has 206 valence electrons. The number of rotatable bonds is 11. The SMILES string of the molecule is CCOC[C@@H]1COc2c(ccnc2OC)-c2nnc(NS(=O)(=O)[C@@H](C)[C@@H](OC(C)C)c3ncc(Cl)cn3)n21. The molecule has 0 saturated heterocycles. The summed E-state index contributed by atoms with van der Waals surface area (Å²) >= 11 is 5.93. The predicted octanol–water partition coefficient (Wildman–Crippen LogP) is 3.06. The van der Waals surface area contributed by atoms with Crippen LogP contribution in [0.1, 0.15) is 45.7 Å². The van der Waals surface area contributed by atoms with Crippen molar-refractivity contribution in [2.45, 2.75) is 51.2 Å². The first-order chi connectivity index (χ1) is 18.2. The molecule has 0 aliphatic carbocycles. The summed E-state index contributed by atoms with van der Waals surface area (Å²) in [4.78, 5) is 12.6. The van der Waals surface area contributed by atoms with Crippen molar-refractivity contribution in [1.29, 1.82) is 0 Å². The number of ether oxygens (including phenoxy) is 4. The lowest BCUT2D eigenvalue weighted by Gasteiger charge is -2.26. The molecule has 0 aromatic carbocycles. The standard InChI is InChI=1S/C23H30ClN7O6S/c1-6-35-11-16-12-36-19-17(7-8-25-22(19)34-5)21-28-29-23(31(16)21)30-38(32,33)14(4)18(37-13(2)3)20-26-9-15(24)10-27-20/h7-10,13-14,16,18H,6,11-12H2,1-5H3,(H,29,30)/t14-,16+,18+/m0/s1. The summed E-state index contributed by atoms with van der Waals surface area (Å²) in [7, 11) is -2.61. The van der Waals surface area contributed by atoms with Gasteiger partial charge in [-0.1, -0.05) is 11.6 Å². The molecule has 3 atom stereocenters. The van der Waals surface area contributed by atoms with E-state index in [0.29, 0.717) is 28.8 Å². The first kappa shape index (κ1) is 28.0. The first-order valence-electron chi connectivity index (χ1n) is 12.0. The zero-order valence-corrected chi connectivity index (χ0v) is 23.2. The van der Waals surface area contributed by atoms with Gasteiger partial charge in [-0.25, -0.2) is 23.4 Å². The number of nitrogens with one attached hydrogen (secondary N) is 1. The molecule has 0 bridgehead atoms. The van der Waals surface area contributed by atoms with Gasteiger partial charge in [-0.15, -0.1) is 10.2 Å². The maximum atomic E-state index is 13.7. The molecule has 4 rings (SSSR count). The van der Waals surface area contributed by atoms with Crippen LogP contribution in [0.5, 0.6) is 11.6 Å². The van der Waals surface area contributed by atoms with Crippen LogP contribution in [0.4, 0.5) is 5.95 Å². The van der Waals surface area contributed by atoms with Crippen LogP contribution >= 0.6 is 11.6 Å².